The third-order valence-electron chi connectivity index (χ3n) is 1.71. The highest BCUT2D eigenvalue weighted by atomic mass is 35.5. The summed E-state index contributed by atoms with van der Waals surface area (Å²) in [4.78, 5) is 0. The predicted octanol–water partition coefficient (Wildman–Crippen LogP) is 2.58. The second-order valence-corrected chi connectivity index (χ2v) is 3.00. The Morgan fingerprint density at radius 2 is 2.50 bits per heavy atom. The Hall–Kier alpha value is 0.0300. The zero-order chi connectivity index (χ0) is 6.04. The van der Waals surface area contributed by atoms with Gasteiger partial charge >= 0.3 is 0 Å². The van der Waals surface area contributed by atoms with Gasteiger partial charge in [0.1, 0.15) is 0 Å². The van der Waals surface area contributed by atoms with Crippen LogP contribution in [0.5, 0.6) is 0 Å². The molecule has 1 atom stereocenters. The molecule has 0 aliphatic heterocycles. The lowest BCUT2D eigenvalue weighted by molar-refractivity contribution is 0.477. The third-order valence-corrected chi connectivity index (χ3v) is 2.32. The molecule has 0 saturated carbocycles. The van der Waals surface area contributed by atoms with E-state index in [1.165, 1.54) is 12.8 Å². The van der Waals surface area contributed by atoms with Gasteiger partial charge in [0.2, 0.25) is 0 Å². The van der Waals surface area contributed by atoms with Crippen LogP contribution >= 0.6 is 11.6 Å². The summed E-state index contributed by atoms with van der Waals surface area (Å²) < 4.78 is 0. The molecule has 0 spiro atoms. The summed E-state index contributed by atoms with van der Waals surface area (Å²) in [5, 5.41) is 0. The summed E-state index contributed by atoms with van der Waals surface area (Å²) in [6, 6.07) is 0. The van der Waals surface area contributed by atoms with Crippen molar-refractivity contribution in [2.45, 2.75) is 19.8 Å². The van der Waals surface area contributed by atoms with Crippen molar-refractivity contribution < 1.29 is 0 Å². The van der Waals surface area contributed by atoms with E-state index in [1.54, 1.807) is 0 Å². The molecule has 0 aromatic heterocycles. The lowest BCUT2D eigenvalue weighted by Gasteiger charge is -2.16. The van der Waals surface area contributed by atoms with Crippen molar-refractivity contribution in [2.24, 2.45) is 5.41 Å². The van der Waals surface area contributed by atoms with Crippen LogP contribution in [-0.2, 0) is 0 Å². The molecule has 0 bridgehead atoms. The van der Waals surface area contributed by atoms with Gasteiger partial charge in [0, 0.05) is 5.88 Å². The smallest absolute Gasteiger partial charge is 0.0312 e. The number of hydrogen-bond donors (Lipinski definition) is 0. The molecule has 1 rings (SSSR count). The van der Waals surface area contributed by atoms with Crippen LogP contribution in [0.4, 0.5) is 0 Å². The minimum Gasteiger partial charge on any atom is -0.126 e. The fraction of sp³-hybridized carbons (Fsp3) is 0.714. The molecular formula is C7H11Cl. The van der Waals surface area contributed by atoms with Crippen LogP contribution in [0.3, 0.4) is 0 Å². The minimum absolute atomic E-state index is 0.321. The molecule has 1 heteroatoms. The Morgan fingerprint density at radius 1 is 1.75 bits per heavy atom. The zero-order valence-electron chi connectivity index (χ0n) is 5.15. The summed E-state index contributed by atoms with van der Waals surface area (Å²) in [7, 11) is 0. The molecule has 0 nitrogen and oxygen atoms in total. The normalized spacial score (nSPS) is 36.2. The summed E-state index contributed by atoms with van der Waals surface area (Å²) in [5.74, 6) is 0.767. The Labute approximate surface area is 55.5 Å². The van der Waals surface area contributed by atoms with Gasteiger partial charge in [-0.1, -0.05) is 19.1 Å². The van der Waals surface area contributed by atoms with Crippen molar-refractivity contribution in [1.29, 1.82) is 0 Å². The fourth-order valence-corrected chi connectivity index (χ4v) is 1.20. The first kappa shape index (κ1) is 6.15. The lowest BCUT2D eigenvalue weighted by Crippen LogP contribution is -2.10. The van der Waals surface area contributed by atoms with Crippen LogP contribution in [0.15, 0.2) is 12.2 Å². The maximum atomic E-state index is 5.70. The number of allylic oxidation sites excluding steroid dienone is 2. The fourth-order valence-electron chi connectivity index (χ4n) is 0.976. The second kappa shape index (κ2) is 2.10. The predicted molar refractivity (Wildman–Crippen MR) is 37.2 cm³/mol. The summed E-state index contributed by atoms with van der Waals surface area (Å²) >= 11 is 5.70. The third kappa shape index (κ3) is 1.05. The van der Waals surface area contributed by atoms with Gasteiger partial charge in [0.15, 0.2) is 0 Å². The van der Waals surface area contributed by atoms with E-state index in [4.69, 9.17) is 11.6 Å². The van der Waals surface area contributed by atoms with E-state index in [1.807, 2.05) is 0 Å². The quantitative estimate of drug-likeness (QED) is 0.378. The van der Waals surface area contributed by atoms with Crippen LogP contribution in [0.25, 0.3) is 0 Å². The molecule has 0 fully saturated rings. The van der Waals surface area contributed by atoms with Gasteiger partial charge in [0.25, 0.3) is 0 Å². The molecule has 0 saturated heterocycles. The molecule has 0 aromatic rings. The van der Waals surface area contributed by atoms with Gasteiger partial charge in [-0.05, 0) is 18.3 Å². The van der Waals surface area contributed by atoms with E-state index in [0.717, 1.165) is 5.88 Å². The highest BCUT2D eigenvalue weighted by molar-refractivity contribution is 6.18. The SMILES string of the molecule is CC1(CCl)C=CCC1. The molecule has 8 heavy (non-hydrogen) atoms. The Balaban J connectivity index is 2.54. The first-order chi connectivity index (χ1) is 3.77. The van der Waals surface area contributed by atoms with Crippen molar-refractivity contribution in [3.8, 4) is 0 Å². The number of hydrogen-bond acceptors (Lipinski definition) is 0. The van der Waals surface area contributed by atoms with Crippen LogP contribution in [0, 0.1) is 5.41 Å². The summed E-state index contributed by atoms with van der Waals surface area (Å²) in [6.07, 6.45) is 6.88. The van der Waals surface area contributed by atoms with Crippen molar-refractivity contribution in [3.05, 3.63) is 12.2 Å². The van der Waals surface area contributed by atoms with Crippen LogP contribution < -0.4 is 0 Å². The topological polar surface area (TPSA) is 0 Å². The Kier molecular flexibility index (Phi) is 1.62. The summed E-state index contributed by atoms with van der Waals surface area (Å²) in [5.41, 5.74) is 0.321. The molecule has 0 amide bonds. The van der Waals surface area contributed by atoms with E-state index >= 15 is 0 Å². The molecular weight excluding hydrogens is 120 g/mol. The maximum Gasteiger partial charge on any atom is 0.0312 e. The van der Waals surface area contributed by atoms with E-state index in [9.17, 15) is 0 Å². The molecule has 0 radical (unpaired) electrons. The number of halogens is 1. The molecule has 1 aliphatic carbocycles. The van der Waals surface area contributed by atoms with Crippen LogP contribution in [0.1, 0.15) is 19.8 Å². The monoisotopic (exact) mass is 130 g/mol. The standard InChI is InChI=1S/C7H11Cl/c1-7(6-8)4-2-3-5-7/h2,4H,3,5-6H2,1H3. The molecule has 0 N–H and O–H groups in total. The van der Waals surface area contributed by atoms with Crippen LogP contribution in [0.2, 0.25) is 0 Å². The molecule has 46 valence electrons. The van der Waals surface area contributed by atoms with E-state index < -0.39 is 0 Å². The zero-order valence-corrected chi connectivity index (χ0v) is 5.91. The van der Waals surface area contributed by atoms with E-state index in [2.05, 4.69) is 19.1 Å². The van der Waals surface area contributed by atoms with Crippen molar-refractivity contribution >= 4 is 11.6 Å². The molecule has 0 heterocycles. The summed E-state index contributed by atoms with van der Waals surface area (Å²) in [6.45, 7) is 2.20. The molecule has 1 aliphatic rings. The largest absolute Gasteiger partial charge is 0.126 e. The first-order valence-corrected chi connectivity index (χ1v) is 3.54. The average Bonchev–Trinajstić information content (AvgIpc) is 2.17. The number of alkyl halides is 1. The van der Waals surface area contributed by atoms with Crippen LogP contribution in [-0.4, -0.2) is 5.88 Å². The Morgan fingerprint density at radius 3 is 2.75 bits per heavy atom. The Bertz CT molecular complexity index is 107. The van der Waals surface area contributed by atoms with E-state index in [0.29, 0.717) is 5.41 Å². The van der Waals surface area contributed by atoms with Crippen molar-refractivity contribution in [3.63, 3.8) is 0 Å². The van der Waals surface area contributed by atoms with Gasteiger partial charge in [-0.25, -0.2) is 0 Å². The van der Waals surface area contributed by atoms with Gasteiger partial charge in [-0.2, -0.15) is 0 Å². The van der Waals surface area contributed by atoms with Gasteiger partial charge in [-0.3, -0.25) is 0 Å². The van der Waals surface area contributed by atoms with Crippen molar-refractivity contribution in [1.82, 2.24) is 0 Å². The average molecular weight is 131 g/mol. The lowest BCUT2D eigenvalue weighted by atomic mass is 9.93. The first-order valence-electron chi connectivity index (χ1n) is 3.00. The molecule has 0 aromatic carbocycles. The maximum absolute atomic E-state index is 5.70. The van der Waals surface area contributed by atoms with Crippen molar-refractivity contribution in [2.75, 3.05) is 5.88 Å². The minimum atomic E-state index is 0.321. The highest BCUT2D eigenvalue weighted by Crippen LogP contribution is 2.31. The van der Waals surface area contributed by atoms with Gasteiger partial charge in [-0.15, -0.1) is 11.6 Å². The van der Waals surface area contributed by atoms with E-state index in [-0.39, 0.29) is 0 Å². The molecule has 1 unspecified atom stereocenters. The van der Waals surface area contributed by atoms with Gasteiger partial charge < -0.3 is 0 Å². The number of rotatable bonds is 1. The highest BCUT2D eigenvalue weighted by Gasteiger charge is 2.21. The van der Waals surface area contributed by atoms with Gasteiger partial charge in [0.05, 0.1) is 0 Å². The second-order valence-electron chi connectivity index (χ2n) is 2.73.